The Morgan fingerprint density at radius 1 is 1.40 bits per heavy atom. The lowest BCUT2D eigenvalue weighted by molar-refractivity contribution is -0.134. The summed E-state index contributed by atoms with van der Waals surface area (Å²) in [5.41, 5.74) is -0.572. The number of hydrogen-bond acceptors (Lipinski definition) is 5. The van der Waals surface area contributed by atoms with Gasteiger partial charge in [0.15, 0.2) is 0 Å². The third-order valence-corrected chi connectivity index (χ3v) is 2.95. The molecule has 20 heavy (non-hydrogen) atoms. The second kappa shape index (κ2) is 6.74. The Balaban J connectivity index is 2.67. The summed E-state index contributed by atoms with van der Waals surface area (Å²) in [6.45, 7) is 5.93. The topological polar surface area (TPSA) is 76.1 Å². The smallest absolute Gasteiger partial charge is 0.410 e. The summed E-state index contributed by atoms with van der Waals surface area (Å²) in [4.78, 5) is 24.6. The van der Waals surface area contributed by atoms with Gasteiger partial charge in [0.05, 0.1) is 19.3 Å². The SMILES string of the molecule is COC(=O)/C=C/[C@@H](O)[C@@H]1CCCN1C(=O)OC(C)(C)C. The van der Waals surface area contributed by atoms with Crippen LogP contribution in [-0.4, -0.2) is 53.5 Å². The molecule has 0 aromatic carbocycles. The first-order valence-corrected chi connectivity index (χ1v) is 6.68. The molecule has 1 amide bonds. The maximum Gasteiger partial charge on any atom is 0.410 e. The van der Waals surface area contributed by atoms with Crippen LogP contribution in [0.15, 0.2) is 12.2 Å². The van der Waals surface area contributed by atoms with E-state index in [9.17, 15) is 14.7 Å². The average molecular weight is 285 g/mol. The lowest BCUT2D eigenvalue weighted by Crippen LogP contribution is -2.44. The van der Waals surface area contributed by atoms with E-state index in [1.807, 2.05) is 0 Å². The van der Waals surface area contributed by atoms with E-state index < -0.39 is 23.8 Å². The van der Waals surface area contributed by atoms with Gasteiger partial charge in [-0.2, -0.15) is 0 Å². The molecule has 114 valence electrons. The zero-order valence-corrected chi connectivity index (χ0v) is 12.5. The Morgan fingerprint density at radius 3 is 2.60 bits per heavy atom. The number of carbonyl (C=O) groups excluding carboxylic acids is 2. The minimum Gasteiger partial charge on any atom is -0.466 e. The van der Waals surface area contributed by atoms with Crippen molar-refractivity contribution in [1.82, 2.24) is 4.90 Å². The van der Waals surface area contributed by atoms with E-state index in [2.05, 4.69) is 4.74 Å². The maximum atomic E-state index is 12.0. The molecule has 1 heterocycles. The first kappa shape index (κ1) is 16.5. The first-order chi connectivity index (χ1) is 9.24. The van der Waals surface area contributed by atoms with Gasteiger partial charge in [-0.25, -0.2) is 9.59 Å². The number of rotatable bonds is 3. The molecule has 1 N–H and O–H groups in total. The van der Waals surface area contributed by atoms with Crippen LogP contribution < -0.4 is 0 Å². The molecule has 0 saturated carbocycles. The highest BCUT2D eigenvalue weighted by molar-refractivity contribution is 5.81. The van der Waals surface area contributed by atoms with Gasteiger partial charge in [-0.3, -0.25) is 0 Å². The van der Waals surface area contributed by atoms with Gasteiger partial charge in [-0.05, 0) is 39.7 Å². The summed E-state index contributed by atoms with van der Waals surface area (Å²) in [6.07, 6.45) is 2.63. The summed E-state index contributed by atoms with van der Waals surface area (Å²) in [5, 5.41) is 10.1. The van der Waals surface area contributed by atoms with Crippen molar-refractivity contribution in [2.45, 2.75) is 51.4 Å². The average Bonchev–Trinajstić information content (AvgIpc) is 2.82. The largest absolute Gasteiger partial charge is 0.466 e. The molecule has 0 unspecified atom stereocenters. The van der Waals surface area contributed by atoms with Crippen molar-refractivity contribution in [1.29, 1.82) is 0 Å². The summed E-state index contributed by atoms with van der Waals surface area (Å²) in [5.74, 6) is -0.536. The first-order valence-electron chi connectivity index (χ1n) is 6.68. The molecule has 0 aromatic rings. The van der Waals surface area contributed by atoms with Crippen LogP contribution >= 0.6 is 0 Å². The molecule has 0 aromatic heterocycles. The predicted molar refractivity (Wildman–Crippen MR) is 73.1 cm³/mol. The fourth-order valence-corrected chi connectivity index (χ4v) is 2.07. The number of amides is 1. The molecule has 0 bridgehead atoms. The third-order valence-electron chi connectivity index (χ3n) is 2.95. The summed E-state index contributed by atoms with van der Waals surface area (Å²) in [6, 6.07) is -0.370. The van der Waals surface area contributed by atoms with Crippen LogP contribution in [0.3, 0.4) is 0 Å². The van der Waals surface area contributed by atoms with E-state index in [0.717, 1.165) is 12.5 Å². The molecule has 0 spiro atoms. The van der Waals surface area contributed by atoms with Crippen LogP contribution in [0.5, 0.6) is 0 Å². The lowest BCUT2D eigenvalue weighted by atomic mass is 10.1. The molecule has 6 nitrogen and oxygen atoms in total. The van der Waals surface area contributed by atoms with Gasteiger partial charge < -0.3 is 19.5 Å². The van der Waals surface area contributed by atoms with Gasteiger partial charge in [-0.1, -0.05) is 0 Å². The third kappa shape index (κ3) is 4.85. The van der Waals surface area contributed by atoms with E-state index >= 15 is 0 Å². The van der Waals surface area contributed by atoms with Crippen LogP contribution in [0.2, 0.25) is 0 Å². The maximum absolute atomic E-state index is 12.0. The second-order valence-corrected chi connectivity index (χ2v) is 5.76. The number of likely N-dealkylation sites (tertiary alicyclic amines) is 1. The van der Waals surface area contributed by atoms with Gasteiger partial charge in [0, 0.05) is 12.6 Å². The zero-order valence-electron chi connectivity index (χ0n) is 12.5. The van der Waals surface area contributed by atoms with Crippen molar-refractivity contribution in [3.8, 4) is 0 Å². The molecular formula is C14H23NO5. The van der Waals surface area contributed by atoms with Gasteiger partial charge in [0.2, 0.25) is 0 Å². The Labute approximate surface area is 119 Å². The lowest BCUT2D eigenvalue weighted by Gasteiger charge is -2.30. The Morgan fingerprint density at radius 2 is 2.05 bits per heavy atom. The highest BCUT2D eigenvalue weighted by Crippen LogP contribution is 2.23. The molecule has 0 radical (unpaired) electrons. The van der Waals surface area contributed by atoms with Crippen molar-refractivity contribution >= 4 is 12.1 Å². The van der Waals surface area contributed by atoms with Crippen molar-refractivity contribution < 1.29 is 24.2 Å². The van der Waals surface area contributed by atoms with Gasteiger partial charge >= 0.3 is 12.1 Å². The number of esters is 1. The van der Waals surface area contributed by atoms with Gasteiger partial charge in [0.1, 0.15) is 5.60 Å². The van der Waals surface area contributed by atoms with E-state index in [1.165, 1.54) is 18.1 Å². The fraction of sp³-hybridized carbons (Fsp3) is 0.714. The van der Waals surface area contributed by atoms with E-state index in [4.69, 9.17) is 4.74 Å². The number of aliphatic hydroxyl groups is 1. The summed E-state index contributed by atoms with van der Waals surface area (Å²) >= 11 is 0. The van der Waals surface area contributed by atoms with Gasteiger partial charge in [-0.15, -0.1) is 0 Å². The minimum atomic E-state index is -0.913. The monoisotopic (exact) mass is 285 g/mol. The van der Waals surface area contributed by atoms with E-state index in [0.29, 0.717) is 13.0 Å². The number of ether oxygens (including phenoxy) is 2. The van der Waals surface area contributed by atoms with E-state index in [-0.39, 0.29) is 6.04 Å². The number of carbonyl (C=O) groups is 2. The highest BCUT2D eigenvalue weighted by atomic mass is 16.6. The molecule has 0 aliphatic carbocycles. The van der Waals surface area contributed by atoms with Crippen LogP contribution in [0.4, 0.5) is 4.79 Å². The van der Waals surface area contributed by atoms with Crippen molar-refractivity contribution in [3.05, 3.63) is 12.2 Å². The molecule has 1 aliphatic rings. The van der Waals surface area contributed by atoms with Crippen LogP contribution in [0.1, 0.15) is 33.6 Å². The fourth-order valence-electron chi connectivity index (χ4n) is 2.07. The van der Waals surface area contributed by atoms with Gasteiger partial charge in [0.25, 0.3) is 0 Å². The molecule has 1 rings (SSSR count). The summed E-state index contributed by atoms with van der Waals surface area (Å²) in [7, 11) is 1.27. The number of hydrogen-bond donors (Lipinski definition) is 1. The normalized spacial score (nSPS) is 21.1. The molecule has 6 heteroatoms. The molecule has 2 atom stereocenters. The van der Waals surface area contributed by atoms with Crippen LogP contribution in [-0.2, 0) is 14.3 Å². The molecule has 1 aliphatic heterocycles. The standard InChI is InChI=1S/C14H23NO5/c1-14(2,3)20-13(18)15-9-5-6-10(15)11(16)7-8-12(17)19-4/h7-8,10-11,16H,5-6,9H2,1-4H3/b8-7+/t10-,11+/m0/s1. The number of nitrogens with zero attached hydrogens (tertiary/aromatic N) is 1. The molecular weight excluding hydrogens is 262 g/mol. The van der Waals surface area contributed by atoms with Crippen molar-refractivity contribution in [3.63, 3.8) is 0 Å². The van der Waals surface area contributed by atoms with Crippen LogP contribution in [0.25, 0.3) is 0 Å². The second-order valence-electron chi connectivity index (χ2n) is 5.76. The Hall–Kier alpha value is -1.56. The molecule has 1 fully saturated rings. The Kier molecular flexibility index (Phi) is 5.56. The summed E-state index contributed by atoms with van der Waals surface area (Å²) < 4.78 is 9.77. The Bertz CT molecular complexity index is 386. The zero-order chi connectivity index (χ0) is 15.3. The number of methoxy groups -OCH3 is 1. The number of aliphatic hydroxyl groups excluding tert-OH is 1. The minimum absolute atomic E-state index is 0.370. The highest BCUT2D eigenvalue weighted by Gasteiger charge is 2.35. The van der Waals surface area contributed by atoms with Crippen molar-refractivity contribution in [2.24, 2.45) is 0 Å². The molecule has 1 saturated heterocycles. The quantitative estimate of drug-likeness (QED) is 0.628. The van der Waals surface area contributed by atoms with Crippen LogP contribution in [0, 0.1) is 0 Å². The van der Waals surface area contributed by atoms with Crippen molar-refractivity contribution in [2.75, 3.05) is 13.7 Å². The van der Waals surface area contributed by atoms with E-state index in [1.54, 1.807) is 20.8 Å². The predicted octanol–water partition coefficient (Wildman–Crippen LogP) is 1.48.